The molecule has 1 heterocycles. The SMILES string of the molecule is CC[C@H](C)[C@H](C(=O)O[C@@H](C)C(=O)Nc1cccnc1Cl)c1ccccc1. The lowest BCUT2D eigenvalue weighted by Gasteiger charge is -2.24. The van der Waals surface area contributed by atoms with E-state index in [1.165, 1.54) is 13.1 Å². The van der Waals surface area contributed by atoms with Crippen molar-refractivity contribution < 1.29 is 14.3 Å². The van der Waals surface area contributed by atoms with Gasteiger partial charge < -0.3 is 10.1 Å². The summed E-state index contributed by atoms with van der Waals surface area (Å²) in [4.78, 5) is 29.0. The number of nitrogens with one attached hydrogen (secondary N) is 1. The van der Waals surface area contributed by atoms with Gasteiger partial charge in [0, 0.05) is 6.20 Å². The second-order valence-corrected chi connectivity index (χ2v) is 6.54. The van der Waals surface area contributed by atoms with Crippen molar-refractivity contribution in [3.05, 3.63) is 59.4 Å². The van der Waals surface area contributed by atoms with Gasteiger partial charge in [-0.3, -0.25) is 9.59 Å². The van der Waals surface area contributed by atoms with Crippen molar-refractivity contribution in [1.82, 2.24) is 4.98 Å². The van der Waals surface area contributed by atoms with E-state index in [1.807, 2.05) is 44.2 Å². The average Bonchev–Trinajstić information content (AvgIpc) is 2.64. The van der Waals surface area contributed by atoms with Crippen LogP contribution in [0.2, 0.25) is 5.15 Å². The van der Waals surface area contributed by atoms with Crippen LogP contribution in [0.1, 0.15) is 38.7 Å². The minimum atomic E-state index is -0.950. The third-order valence-corrected chi connectivity index (χ3v) is 4.61. The number of carbonyl (C=O) groups is 2. The summed E-state index contributed by atoms with van der Waals surface area (Å²) in [7, 11) is 0. The number of ether oxygens (including phenoxy) is 1. The van der Waals surface area contributed by atoms with E-state index in [0.717, 1.165) is 12.0 Å². The first-order valence-electron chi connectivity index (χ1n) is 8.60. The Morgan fingerprint density at radius 3 is 2.46 bits per heavy atom. The number of aromatic nitrogens is 1. The van der Waals surface area contributed by atoms with Crippen molar-refractivity contribution in [3.63, 3.8) is 0 Å². The Morgan fingerprint density at radius 2 is 1.85 bits per heavy atom. The van der Waals surface area contributed by atoms with Gasteiger partial charge in [-0.25, -0.2) is 4.98 Å². The summed E-state index contributed by atoms with van der Waals surface area (Å²) in [5.41, 5.74) is 1.26. The second kappa shape index (κ2) is 9.34. The van der Waals surface area contributed by atoms with Gasteiger partial charge in [-0.1, -0.05) is 62.2 Å². The highest BCUT2D eigenvalue weighted by molar-refractivity contribution is 6.32. The molecule has 0 bridgehead atoms. The Morgan fingerprint density at radius 1 is 1.15 bits per heavy atom. The lowest BCUT2D eigenvalue weighted by molar-refractivity contribution is -0.155. The van der Waals surface area contributed by atoms with E-state index in [4.69, 9.17) is 16.3 Å². The predicted octanol–water partition coefficient (Wildman–Crippen LogP) is 4.44. The van der Waals surface area contributed by atoms with Gasteiger partial charge in [-0.2, -0.15) is 0 Å². The molecule has 1 aromatic heterocycles. The maximum atomic E-state index is 12.7. The molecule has 1 aromatic carbocycles. The van der Waals surface area contributed by atoms with Crippen LogP contribution in [-0.2, 0) is 14.3 Å². The summed E-state index contributed by atoms with van der Waals surface area (Å²) < 4.78 is 5.45. The van der Waals surface area contributed by atoms with E-state index in [0.29, 0.717) is 5.69 Å². The molecule has 0 fully saturated rings. The minimum Gasteiger partial charge on any atom is -0.452 e. The van der Waals surface area contributed by atoms with E-state index in [2.05, 4.69) is 10.3 Å². The first-order valence-corrected chi connectivity index (χ1v) is 8.98. The minimum absolute atomic E-state index is 0.0907. The lowest BCUT2D eigenvalue weighted by atomic mass is 9.85. The second-order valence-electron chi connectivity index (χ2n) is 6.18. The van der Waals surface area contributed by atoms with Crippen LogP contribution in [-0.4, -0.2) is 23.0 Å². The molecular formula is C20H23ClN2O3. The first kappa shape index (κ1) is 19.9. The Kier molecular flexibility index (Phi) is 7.16. The van der Waals surface area contributed by atoms with E-state index in [-0.39, 0.29) is 11.1 Å². The highest BCUT2D eigenvalue weighted by Gasteiger charge is 2.30. The van der Waals surface area contributed by atoms with Crippen molar-refractivity contribution in [2.24, 2.45) is 5.92 Å². The lowest BCUT2D eigenvalue weighted by Crippen LogP contribution is -2.33. The molecule has 3 atom stereocenters. The zero-order valence-electron chi connectivity index (χ0n) is 15.1. The van der Waals surface area contributed by atoms with Crippen LogP contribution in [0, 0.1) is 5.92 Å². The van der Waals surface area contributed by atoms with Gasteiger partial charge in [0.1, 0.15) is 0 Å². The molecule has 0 unspecified atom stereocenters. The quantitative estimate of drug-likeness (QED) is 0.574. The molecule has 0 aliphatic heterocycles. The third kappa shape index (κ3) is 5.05. The first-order chi connectivity index (χ1) is 12.4. The maximum absolute atomic E-state index is 12.7. The number of rotatable bonds is 7. The van der Waals surface area contributed by atoms with Crippen LogP contribution in [0.4, 0.5) is 5.69 Å². The summed E-state index contributed by atoms with van der Waals surface area (Å²) in [5.74, 6) is -1.19. The van der Waals surface area contributed by atoms with Gasteiger partial charge in [0.25, 0.3) is 5.91 Å². The van der Waals surface area contributed by atoms with Gasteiger partial charge in [0.15, 0.2) is 11.3 Å². The number of esters is 1. The fourth-order valence-electron chi connectivity index (χ4n) is 2.61. The van der Waals surface area contributed by atoms with Crippen LogP contribution >= 0.6 is 11.6 Å². The van der Waals surface area contributed by atoms with E-state index in [1.54, 1.807) is 12.1 Å². The maximum Gasteiger partial charge on any atom is 0.314 e. The molecule has 138 valence electrons. The molecule has 2 rings (SSSR count). The third-order valence-electron chi connectivity index (χ3n) is 4.30. The van der Waals surface area contributed by atoms with Crippen LogP contribution < -0.4 is 5.32 Å². The van der Waals surface area contributed by atoms with Gasteiger partial charge in [0.2, 0.25) is 0 Å². The number of hydrogen-bond acceptors (Lipinski definition) is 4. The van der Waals surface area contributed by atoms with Crippen LogP contribution in [0.15, 0.2) is 48.7 Å². The van der Waals surface area contributed by atoms with Gasteiger partial charge in [0.05, 0.1) is 11.6 Å². The topological polar surface area (TPSA) is 68.3 Å². The Balaban J connectivity index is 2.08. The monoisotopic (exact) mass is 374 g/mol. The Bertz CT molecular complexity index is 752. The van der Waals surface area contributed by atoms with Crippen LogP contribution in [0.3, 0.4) is 0 Å². The number of nitrogens with zero attached hydrogens (tertiary/aromatic N) is 1. The number of pyridine rings is 1. The fourth-order valence-corrected chi connectivity index (χ4v) is 2.77. The van der Waals surface area contributed by atoms with Crippen molar-refractivity contribution in [2.45, 2.75) is 39.2 Å². The normalized spacial score (nSPS) is 14.2. The molecule has 6 heteroatoms. The van der Waals surface area contributed by atoms with Crippen LogP contribution in [0.25, 0.3) is 0 Å². The number of halogens is 1. The smallest absolute Gasteiger partial charge is 0.314 e. The highest BCUT2D eigenvalue weighted by Crippen LogP contribution is 2.29. The van der Waals surface area contributed by atoms with E-state index >= 15 is 0 Å². The highest BCUT2D eigenvalue weighted by atomic mass is 35.5. The molecule has 0 aliphatic carbocycles. The predicted molar refractivity (Wildman–Crippen MR) is 102 cm³/mol. The fraction of sp³-hybridized carbons (Fsp3) is 0.350. The molecule has 5 nitrogen and oxygen atoms in total. The van der Waals surface area contributed by atoms with E-state index in [9.17, 15) is 9.59 Å². The summed E-state index contributed by atoms with van der Waals surface area (Å²) in [6.07, 6.45) is 1.40. The standard InChI is InChI=1S/C20H23ClN2O3/c1-4-13(2)17(15-9-6-5-7-10-15)20(25)26-14(3)19(24)23-16-11-8-12-22-18(16)21/h5-14,17H,4H2,1-3H3,(H,23,24)/t13-,14-,17-/m0/s1. The number of benzene rings is 1. The molecule has 0 saturated carbocycles. The summed E-state index contributed by atoms with van der Waals surface area (Å²) >= 11 is 5.94. The summed E-state index contributed by atoms with van der Waals surface area (Å²) in [6.45, 7) is 5.56. The Labute approximate surface area is 158 Å². The van der Waals surface area contributed by atoms with Crippen molar-refractivity contribution in [1.29, 1.82) is 0 Å². The van der Waals surface area contributed by atoms with Crippen molar-refractivity contribution in [2.75, 3.05) is 5.32 Å². The van der Waals surface area contributed by atoms with E-state index < -0.39 is 23.9 Å². The number of carbonyl (C=O) groups excluding carboxylic acids is 2. The summed E-state index contributed by atoms with van der Waals surface area (Å²) in [5, 5.41) is 2.81. The number of hydrogen-bond donors (Lipinski definition) is 1. The molecule has 1 amide bonds. The number of amides is 1. The molecule has 2 aromatic rings. The molecule has 0 aliphatic rings. The number of anilines is 1. The largest absolute Gasteiger partial charge is 0.452 e. The Hall–Kier alpha value is -2.40. The van der Waals surface area contributed by atoms with Crippen molar-refractivity contribution in [3.8, 4) is 0 Å². The van der Waals surface area contributed by atoms with Crippen molar-refractivity contribution >= 4 is 29.2 Å². The van der Waals surface area contributed by atoms with Gasteiger partial charge >= 0.3 is 5.97 Å². The molecule has 26 heavy (non-hydrogen) atoms. The zero-order chi connectivity index (χ0) is 19.1. The molecule has 0 spiro atoms. The van der Waals surface area contributed by atoms with Crippen LogP contribution in [0.5, 0.6) is 0 Å². The summed E-state index contributed by atoms with van der Waals surface area (Å²) in [6, 6.07) is 12.8. The van der Waals surface area contributed by atoms with Gasteiger partial charge in [-0.05, 0) is 30.5 Å². The molecule has 0 radical (unpaired) electrons. The average molecular weight is 375 g/mol. The molecule has 0 saturated heterocycles. The molecule has 1 N–H and O–H groups in total. The van der Waals surface area contributed by atoms with Gasteiger partial charge in [-0.15, -0.1) is 0 Å². The molecular weight excluding hydrogens is 352 g/mol. The zero-order valence-corrected chi connectivity index (χ0v) is 15.9.